The van der Waals surface area contributed by atoms with Crippen LogP contribution in [0.3, 0.4) is 0 Å². The number of hydrogen-bond donors (Lipinski definition) is 1. The van der Waals surface area contributed by atoms with Gasteiger partial charge in [-0.15, -0.1) is 0 Å². The van der Waals surface area contributed by atoms with Gasteiger partial charge in [0.2, 0.25) is 0 Å². The fraction of sp³-hybridized carbons (Fsp3) is 0.474. The van der Waals surface area contributed by atoms with E-state index in [1.807, 2.05) is 12.1 Å². The second kappa shape index (κ2) is 8.31. The Morgan fingerprint density at radius 1 is 1.00 bits per heavy atom. The van der Waals surface area contributed by atoms with Gasteiger partial charge in [-0.05, 0) is 50.6 Å². The molecule has 140 valence electrons. The highest BCUT2D eigenvalue weighted by Gasteiger charge is 2.16. The maximum absolute atomic E-state index is 13.0. The third-order valence-corrected chi connectivity index (χ3v) is 4.88. The summed E-state index contributed by atoms with van der Waals surface area (Å²) in [5.41, 5.74) is 0.971. The molecule has 2 aromatic rings. The van der Waals surface area contributed by atoms with Gasteiger partial charge >= 0.3 is 5.69 Å². The second-order valence-electron chi connectivity index (χ2n) is 6.78. The number of halogens is 1. The van der Waals surface area contributed by atoms with Crippen LogP contribution in [-0.4, -0.2) is 47.2 Å². The Balaban J connectivity index is 1.40. The number of benzene rings is 1. The van der Waals surface area contributed by atoms with Gasteiger partial charge in [0.15, 0.2) is 0 Å². The van der Waals surface area contributed by atoms with Crippen molar-refractivity contribution in [3.8, 4) is 0 Å². The van der Waals surface area contributed by atoms with Crippen LogP contribution in [-0.2, 0) is 6.54 Å². The van der Waals surface area contributed by atoms with Crippen molar-refractivity contribution in [2.24, 2.45) is 0 Å². The van der Waals surface area contributed by atoms with Crippen LogP contribution in [0.15, 0.2) is 40.1 Å². The van der Waals surface area contributed by atoms with Crippen LogP contribution < -0.4 is 16.1 Å². The Hall–Kier alpha value is -2.41. The Kier molecular flexibility index (Phi) is 5.88. The van der Waals surface area contributed by atoms with Gasteiger partial charge in [-0.2, -0.15) is 0 Å². The van der Waals surface area contributed by atoms with E-state index >= 15 is 0 Å². The number of aromatic nitrogens is 2. The zero-order chi connectivity index (χ0) is 18.5. The van der Waals surface area contributed by atoms with E-state index in [0.29, 0.717) is 12.1 Å². The highest BCUT2D eigenvalue weighted by atomic mass is 19.1. The fourth-order valence-electron chi connectivity index (χ4n) is 3.28. The number of anilines is 1. The summed E-state index contributed by atoms with van der Waals surface area (Å²) in [6, 6.07) is 6.66. The number of unbranched alkanes of at least 4 members (excludes halogenated alkanes) is 1. The fourth-order valence-corrected chi connectivity index (χ4v) is 3.28. The van der Waals surface area contributed by atoms with Gasteiger partial charge < -0.3 is 9.47 Å². The summed E-state index contributed by atoms with van der Waals surface area (Å²) in [5.74, 6) is -0.204. The molecule has 1 aliphatic heterocycles. The molecule has 1 saturated heterocycles. The first-order valence-electron chi connectivity index (χ1n) is 9.06. The summed E-state index contributed by atoms with van der Waals surface area (Å²) in [4.78, 5) is 30.2. The number of H-pyrrole nitrogens is 1. The number of nitrogens with zero attached hydrogens (tertiary/aromatic N) is 3. The minimum atomic E-state index is -0.339. The minimum Gasteiger partial charge on any atom is -0.369 e. The lowest BCUT2D eigenvalue weighted by atomic mass is 10.2. The van der Waals surface area contributed by atoms with Crippen LogP contribution in [0.1, 0.15) is 18.4 Å². The summed E-state index contributed by atoms with van der Waals surface area (Å²) in [6.45, 7) is 7.15. The van der Waals surface area contributed by atoms with Crippen LogP contribution in [0.25, 0.3) is 0 Å². The zero-order valence-corrected chi connectivity index (χ0v) is 15.1. The van der Waals surface area contributed by atoms with Crippen LogP contribution in [0.2, 0.25) is 0 Å². The Labute approximate surface area is 151 Å². The molecule has 0 aliphatic carbocycles. The molecule has 0 bridgehead atoms. The SMILES string of the molecule is Cc1cn(CCCCN2CCN(c3ccc(F)cc3)CC2)c(=O)[nH]c1=O. The molecule has 0 saturated carbocycles. The van der Waals surface area contributed by atoms with E-state index in [2.05, 4.69) is 14.8 Å². The summed E-state index contributed by atoms with van der Waals surface area (Å²) < 4.78 is 14.6. The van der Waals surface area contributed by atoms with Crippen LogP contribution in [0.5, 0.6) is 0 Å². The third kappa shape index (κ3) is 4.60. The van der Waals surface area contributed by atoms with Gasteiger partial charge in [0.05, 0.1) is 0 Å². The standard InChI is InChI=1S/C19H25FN4O2/c1-15-14-24(19(26)21-18(15)25)9-3-2-8-22-10-12-23(13-11-22)17-6-4-16(20)5-7-17/h4-7,14H,2-3,8-13H2,1H3,(H,21,25,26). The quantitative estimate of drug-likeness (QED) is 0.795. The molecule has 1 aromatic heterocycles. The lowest BCUT2D eigenvalue weighted by Gasteiger charge is -2.36. The molecule has 3 rings (SSSR count). The Bertz CT molecular complexity index is 836. The lowest BCUT2D eigenvalue weighted by Crippen LogP contribution is -2.46. The predicted molar refractivity (Wildman–Crippen MR) is 100 cm³/mol. The number of hydrogen-bond acceptors (Lipinski definition) is 4. The molecule has 0 spiro atoms. The molecule has 2 heterocycles. The third-order valence-electron chi connectivity index (χ3n) is 4.88. The predicted octanol–water partition coefficient (Wildman–Crippen LogP) is 1.59. The van der Waals surface area contributed by atoms with Crippen molar-refractivity contribution < 1.29 is 4.39 Å². The first-order chi connectivity index (χ1) is 12.5. The van der Waals surface area contributed by atoms with Gasteiger partial charge in [0, 0.05) is 50.2 Å². The van der Waals surface area contributed by atoms with E-state index in [4.69, 9.17) is 0 Å². The monoisotopic (exact) mass is 360 g/mol. The summed E-state index contributed by atoms with van der Waals surface area (Å²) in [5, 5.41) is 0. The van der Waals surface area contributed by atoms with E-state index in [1.54, 1.807) is 17.7 Å². The molecule has 0 radical (unpaired) electrons. The number of aromatic amines is 1. The van der Waals surface area contributed by atoms with Crippen LogP contribution >= 0.6 is 0 Å². The number of aryl methyl sites for hydroxylation is 2. The normalized spacial score (nSPS) is 15.4. The average Bonchev–Trinajstić information content (AvgIpc) is 2.64. The molecule has 0 atom stereocenters. The van der Waals surface area contributed by atoms with Crippen molar-refractivity contribution in [1.82, 2.24) is 14.5 Å². The van der Waals surface area contributed by atoms with Crippen molar-refractivity contribution in [3.05, 3.63) is 62.7 Å². The summed E-state index contributed by atoms with van der Waals surface area (Å²) >= 11 is 0. The van der Waals surface area contributed by atoms with Gasteiger partial charge in [0.25, 0.3) is 5.56 Å². The topological polar surface area (TPSA) is 61.3 Å². The molecule has 0 amide bonds. The van der Waals surface area contributed by atoms with E-state index < -0.39 is 0 Å². The molecule has 1 fully saturated rings. The second-order valence-corrected chi connectivity index (χ2v) is 6.78. The minimum absolute atomic E-state index is 0.204. The van der Waals surface area contributed by atoms with Crippen molar-refractivity contribution in [2.75, 3.05) is 37.6 Å². The van der Waals surface area contributed by atoms with Crippen LogP contribution in [0, 0.1) is 12.7 Å². The van der Waals surface area contributed by atoms with Crippen LogP contribution in [0.4, 0.5) is 10.1 Å². The number of nitrogens with one attached hydrogen (secondary N) is 1. The molecule has 1 aromatic carbocycles. The highest BCUT2D eigenvalue weighted by Crippen LogP contribution is 2.17. The average molecular weight is 360 g/mol. The Morgan fingerprint density at radius 2 is 1.65 bits per heavy atom. The smallest absolute Gasteiger partial charge is 0.328 e. The maximum Gasteiger partial charge on any atom is 0.328 e. The number of piperazine rings is 1. The summed E-state index contributed by atoms with van der Waals surface area (Å²) in [6.07, 6.45) is 3.52. The van der Waals surface area contributed by atoms with E-state index in [-0.39, 0.29) is 17.1 Å². The van der Waals surface area contributed by atoms with E-state index in [0.717, 1.165) is 51.3 Å². The van der Waals surface area contributed by atoms with Crippen molar-refractivity contribution in [2.45, 2.75) is 26.3 Å². The lowest BCUT2D eigenvalue weighted by molar-refractivity contribution is 0.251. The van der Waals surface area contributed by atoms with Gasteiger partial charge in [-0.1, -0.05) is 0 Å². The molecular formula is C19H25FN4O2. The largest absolute Gasteiger partial charge is 0.369 e. The maximum atomic E-state index is 13.0. The first kappa shape index (κ1) is 18.4. The van der Waals surface area contributed by atoms with Gasteiger partial charge in [-0.3, -0.25) is 14.7 Å². The van der Waals surface area contributed by atoms with E-state index in [1.165, 1.54) is 12.1 Å². The Morgan fingerprint density at radius 3 is 2.35 bits per heavy atom. The molecule has 1 aliphatic rings. The molecule has 0 unspecified atom stereocenters. The van der Waals surface area contributed by atoms with Crippen molar-refractivity contribution in [1.29, 1.82) is 0 Å². The molecule has 7 heteroatoms. The van der Waals surface area contributed by atoms with Crippen molar-refractivity contribution >= 4 is 5.69 Å². The molecule has 6 nitrogen and oxygen atoms in total. The highest BCUT2D eigenvalue weighted by molar-refractivity contribution is 5.46. The molecular weight excluding hydrogens is 335 g/mol. The summed E-state index contributed by atoms with van der Waals surface area (Å²) in [7, 11) is 0. The first-order valence-corrected chi connectivity index (χ1v) is 9.06. The molecule has 26 heavy (non-hydrogen) atoms. The van der Waals surface area contributed by atoms with Gasteiger partial charge in [0.1, 0.15) is 5.82 Å². The van der Waals surface area contributed by atoms with E-state index in [9.17, 15) is 14.0 Å². The zero-order valence-electron chi connectivity index (χ0n) is 15.1. The number of rotatable bonds is 6. The van der Waals surface area contributed by atoms with Crippen molar-refractivity contribution in [3.63, 3.8) is 0 Å². The molecule has 1 N–H and O–H groups in total. The van der Waals surface area contributed by atoms with Gasteiger partial charge in [-0.25, -0.2) is 9.18 Å².